The van der Waals surface area contributed by atoms with Crippen molar-refractivity contribution < 1.29 is 9.59 Å². The van der Waals surface area contributed by atoms with Gasteiger partial charge < -0.3 is 15.5 Å². The lowest BCUT2D eigenvalue weighted by molar-refractivity contribution is -0.130. The summed E-state index contributed by atoms with van der Waals surface area (Å²) < 4.78 is 0. The Morgan fingerprint density at radius 2 is 1.83 bits per heavy atom. The van der Waals surface area contributed by atoms with Crippen LogP contribution in [0, 0.1) is 5.92 Å². The monoisotopic (exact) mass is 371 g/mol. The van der Waals surface area contributed by atoms with Gasteiger partial charge in [0.1, 0.15) is 0 Å². The second-order valence-electron chi connectivity index (χ2n) is 5.81. The van der Waals surface area contributed by atoms with Gasteiger partial charge in [0.2, 0.25) is 11.8 Å². The van der Waals surface area contributed by atoms with Gasteiger partial charge in [0, 0.05) is 42.7 Å². The average Bonchev–Trinajstić information content (AvgIpc) is 2.57. The van der Waals surface area contributed by atoms with Crippen LogP contribution in [0.25, 0.3) is 0 Å². The van der Waals surface area contributed by atoms with Gasteiger partial charge in [-0.2, -0.15) is 11.8 Å². The molecule has 1 aliphatic heterocycles. The minimum absolute atomic E-state index is 0. The first kappa shape index (κ1) is 20.8. The molecular weight excluding hydrogens is 346 g/mol. The van der Waals surface area contributed by atoms with Gasteiger partial charge in [-0.15, -0.1) is 12.4 Å². The Balaban J connectivity index is 0.00000288. The number of hydrogen-bond acceptors (Lipinski definition) is 4. The van der Waals surface area contributed by atoms with E-state index in [-0.39, 0.29) is 30.1 Å². The lowest BCUT2D eigenvalue weighted by Crippen LogP contribution is -2.38. The first-order valence-electron chi connectivity index (χ1n) is 8.00. The van der Waals surface area contributed by atoms with Crippen molar-refractivity contribution in [3.8, 4) is 0 Å². The van der Waals surface area contributed by atoms with E-state index in [1.54, 1.807) is 0 Å². The first-order valence-corrected chi connectivity index (χ1v) is 9.15. The van der Waals surface area contributed by atoms with Crippen LogP contribution in [0.2, 0.25) is 0 Å². The highest BCUT2D eigenvalue weighted by molar-refractivity contribution is 7.99. The maximum Gasteiger partial charge on any atom is 0.228 e. The number of nitrogens with one attached hydrogen (secondary N) is 2. The smallest absolute Gasteiger partial charge is 0.228 e. The van der Waals surface area contributed by atoms with E-state index in [9.17, 15) is 9.59 Å². The fraction of sp³-hybridized carbons (Fsp3) is 0.529. The zero-order chi connectivity index (χ0) is 16.7. The standard InChI is InChI=1S/C17H25N3O2S.ClH/c1-13(12-18-2)17(22)19-15-5-3-14(4-6-15)11-16(21)20-7-9-23-10-8-20;/h3-6,13,18H,7-12H2,1-2H3,(H,19,22);1H. The highest BCUT2D eigenvalue weighted by atomic mass is 35.5. The number of halogens is 1. The molecule has 1 saturated heterocycles. The van der Waals surface area contributed by atoms with Crippen molar-refractivity contribution in [2.75, 3.05) is 43.5 Å². The van der Waals surface area contributed by atoms with E-state index in [0.717, 1.165) is 35.8 Å². The molecule has 7 heteroatoms. The van der Waals surface area contributed by atoms with E-state index in [1.165, 1.54) is 0 Å². The first-order chi connectivity index (χ1) is 11.1. The number of carbonyl (C=O) groups excluding carboxylic acids is 2. The molecular formula is C17H26ClN3O2S. The van der Waals surface area contributed by atoms with Crippen LogP contribution in [0.5, 0.6) is 0 Å². The van der Waals surface area contributed by atoms with Crippen LogP contribution in [-0.2, 0) is 16.0 Å². The molecule has 2 N–H and O–H groups in total. The van der Waals surface area contributed by atoms with E-state index in [2.05, 4.69) is 10.6 Å². The van der Waals surface area contributed by atoms with E-state index < -0.39 is 0 Å². The molecule has 2 rings (SSSR count). The molecule has 134 valence electrons. The number of thioether (sulfide) groups is 1. The van der Waals surface area contributed by atoms with E-state index >= 15 is 0 Å². The van der Waals surface area contributed by atoms with E-state index in [4.69, 9.17) is 0 Å². The molecule has 1 aromatic carbocycles. The number of benzene rings is 1. The second kappa shape index (κ2) is 10.6. The molecule has 2 amide bonds. The minimum atomic E-state index is -0.0850. The summed E-state index contributed by atoms with van der Waals surface area (Å²) in [5.74, 6) is 2.15. The summed E-state index contributed by atoms with van der Waals surface area (Å²) in [5.41, 5.74) is 1.75. The Morgan fingerprint density at radius 3 is 2.42 bits per heavy atom. The number of carbonyl (C=O) groups is 2. The highest BCUT2D eigenvalue weighted by Crippen LogP contribution is 2.14. The van der Waals surface area contributed by atoms with Crippen LogP contribution in [-0.4, -0.2) is 54.9 Å². The Morgan fingerprint density at radius 1 is 1.21 bits per heavy atom. The Bertz CT molecular complexity index is 533. The summed E-state index contributed by atoms with van der Waals surface area (Å²) >= 11 is 1.90. The molecule has 0 aliphatic carbocycles. The van der Waals surface area contributed by atoms with Crippen LogP contribution in [0.4, 0.5) is 5.69 Å². The fourth-order valence-corrected chi connectivity index (χ4v) is 3.37. The predicted octanol–water partition coefficient (Wildman–Crippen LogP) is 2.02. The summed E-state index contributed by atoms with van der Waals surface area (Å²) in [6.07, 6.45) is 0.426. The molecule has 5 nitrogen and oxygen atoms in total. The third-order valence-corrected chi connectivity index (χ3v) is 4.84. The third-order valence-electron chi connectivity index (χ3n) is 3.90. The van der Waals surface area contributed by atoms with Gasteiger partial charge in [0.05, 0.1) is 6.42 Å². The van der Waals surface area contributed by atoms with Crippen molar-refractivity contribution in [3.05, 3.63) is 29.8 Å². The molecule has 0 aromatic heterocycles. The van der Waals surface area contributed by atoms with Crippen LogP contribution < -0.4 is 10.6 Å². The van der Waals surface area contributed by atoms with Gasteiger partial charge in [0.25, 0.3) is 0 Å². The molecule has 0 bridgehead atoms. The average molecular weight is 372 g/mol. The SMILES string of the molecule is CNCC(C)C(=O)Nc1ccc(CC(=O)N2CCSCC2)cc1.Cl. The Kier molecular flexibility index (Phi) is 9.18. The highest BCUT2D eigenvalue weighted by Gasteiger charge is 2.17. The fourth-order valence-electron chi connectivity index (χ4n) is 2.47. The van der Waals surface area contributed by atoms with Gasteiger partial charge in [-0.05, 0) is 24.7 Å². The molecule has 24 heavy (non-hydrogen) atoms. The lowest BCUT2D eigenvalue weighted by Gasteiger charge is -2.26. The van der Waals surface area contributed by atoms with Gasteiger partial charge in [0.15, 0.2) is 0 Å². The van der Waals surface area contributed by atoms with Crippen LogP contribution in [0.15, 0.2) is 24.3 Å². The second-order valence-corrected chi connectivity index (χ2v) is 7.04. The normalized spacial score (nSPS) is 15.3. The van der Waals surface area contributed by atoms with Gasteiger partial charge in [-0.3, -0.25) is 9.59 Å². The Hall–Kier alpha value is -1.24. The minimum Gasteiger partial charge on any atom is -0.341 e. The molecule has 1 atom stereocenters. The van der Waals surface area contributed by atoms with Crippen molar-refractivity contribution in [1.29, 1.82) is 0 Å². The van der Waals surface area contributed by atoms with Crippen molar-refractivity contribution >= 4 is 41.7 Å². The van der Waals surface area contributed by atoms with Gasteiger partial charge in [-0.25, -0.2) is 0 Å². The number of hydrogen-bond donors (Lipinski definition) is 2. The number of nitrogens with zero attached hydrogens (tertiary/aromatic N) is 1. The molecule has 1 aliphatic rings. The van der Waals surface area contributed by atoms with E-state index in [1.807, 2.05) is 54.9 Å². The van der Waals surface area contributed by atoms with Crippen molar-refractivity contribution in [3.63, 3.8) is 0 Å². The maximum atomic E-state index is 12.2. The maximum absolute atomic E-state index is 12.2. The molecule has 1 aromatic rings. The van der Waals surface area contributed by atoms with Gasteiger partial charge >= 0.3 is 0 Å². The molecule has 0 saturated carbocycles. The summed E-state index contributed by atoms with van der Waals surface area (Å²) in [4.78, 5) is 26.1. The molecule has 0 spiro atoms. The van der Waals surface area contributed by atoms with Crippen molar-refractivity contribution in [1.82, 2.24) is 10.2 Å². The summed E-state index contributed by atoms with van der Waals surface area (Å²) in [5, 5.41) is 5.88. The zero-order valence-electron chi connectivity index (χ0n) is 14.2. The number of amides is 2. The molecule has 1 fully saturated rings. The zero-order valence-corrected chi connectivity index (χ0v) is 15.8. The van der Waals surface area contributed by atoms with Crippen molar-refractivity contribution in [2.45, 2.75) is 13.3 Å². The Labute approximate surface area is 154 Å². The quantitative estimate of drug-likeness (QED) is 0.803. The molecule has 1 heterocycles. The van der Waals surface area contributed by atoms with Crippen molar-refractivity contribution in [2.24, 2.45) is 5.92 Å². The number of rotatable bonds is 6. The molecule has 1 unspecified atom stereocenters. The molecule has 0 radical (unpaired) electrons. The van der Waals surface area contributed by atoms with Crippen LogP contribution >= 0.6 is 24.2 Å². The summed E-state index contributed by atoms with van der Waals surface area (Å²) in [6, 6.07) is 7.54. The number of anilines is 1. The van der Waals surface area contributed by atoms with Crippen LogP contribution in [0.3, 0.4) is 0 Å². The van der Waals surface area contributed by atoms with Crippen LogP contribution in [0.1, 0.15) is 12.5 Å². The van der Waals surface area contributed by atoms with E-state index in [0.29, 0.717) is 13.0 Å². The topological polar surface area (TPSA) is 61.4 Å². The lowest BCUT2D eigenvalue weighted by atomic mass is 10.1. The predicted molar refractivity (Wildman–Crippen MR) is 103 cm³/mol. The summed E-state index contributed by atoms with van der Waals surface area (Å²) in [7, 11) is 1.83. The largest absolute Gasteiger partial charge is 0.341 e. The third kappa shape index (κ3) is 6.34. The van der Waals surface area contributed by atoms with Gasteiger partial charge in [-0.1, -0.05) is 19.1 Å². The summed E-state index contributed by atoms with van der Waals surface area (Å²) in [6.45, 7) is 4.23.